The summed E-state index contributed by atoms with van der Waals surface area (Å²) in [5.74, 6) is -1.91. The standard InChI is InChI=1S/C24H23BrN4O2.CH2O2.CH4/c1-15(16-7-11-19(25)12-8-16)28-23(30)21(17-5-3-2-4-6-17)24(31)29-20-13-9-18(10-14-20)22(26)27;2-1-3;/h2-15,21H,1H3,(H3,26,27)(H,28,30)(H,29,31);1H,(H,2,3);1H4/t15-,21?;;/m0../s1. The number of hydrogen-bond donors (Lipinski definition) is 5. The maximum absolute atomic E-state index is 13.1. The zero-order valence-corrected chi connectivity index (χ0v) is 20.0. The van der Waals surface area contributed by atoms with E-state index in [9.17, 15) is 9.59 Å². The Balaban J connectivity index is 0.00000145. The normalized spacial score (nSPS) is 11.4. The Morgan fingerprint density at radius 2 is 1.49 bits per heavy atom. The van der Waals surface area contributed by atoms with Gasteiger partial charge in [-0.1, -0.05) is 65.8 Å². The van der Waals surface area contributed by atoms with Crippen molar-refractivity contribution in [2.24, 2.45) is 5.73 Å². The van der Waals surface area contributed by atoms with Crippen molar-refractivity contribution in [2.45, 2.75) is 26.3 Å². The fourth-order valence-corrected chi connectivity index (χ4v) is 3.41. The molecule has 0 saturated carbocycles. The third kappa shape index (κ3) is 8.71. The molecule has 0 aliphatic heterocycles. The molecule has 35 heavy (non-hydrogen) atoms. The quantitative estimate of drug-likeness (QED) is 0.128. The Hall–Kier alpha value is -3.98. The second-order valence-corrected chi connectivity index (χ2v) is 8.13. The summed E-state index contributed by atoms with van der Waals surface area (Å²) in [5, 5.41) is 20.1. The minimum atomic E-state index is -1.02. The lowest BCUT2D eigenvalue weighted by molar-refractivity contribution is -0.129. The Kier molecular flexibility index (Phi) is 11.9. The number of nitrogen functional groups attached to an aromatic ring is 1. The molecule has 0 heterocycles. The van der Waals surface area contributed by atoms with Gasteiger partial charge in [-0.25, -0.2) is 0 Å². The first-order chi connectivity index (χ1) is 16.3. The molecule has 3 aromatic rings. The summed E-state index contributed by atoms with van der Waals surface area (Å²) in [5.41, 5.74) is 8.08. The van der Waals surface area contributed by atoms with E-state index < -0.39 is 11.8 Å². The number of rotatable bonds is 7. The number of anilines is 1. The molecular formula is C26H29BrN4O4. The smallest absolute Gasteiger partial charge is 0.290 e. The number of hydrogen-bond acceptors (Lipinski definition) is 4. The van der Waals surface area contributed by atoms with E-state index in [4.69, 9.17) is 21.0 Å². The maximum atomic E-state index is 13.1. The van der Waals surface area contributed by atoms with Crippen LogP contribution in [0.15, 0.2) is 83.3 Å². The van der Waals surface area contributed by atoms with Crippen LogP contribution >= 0.6 is 15.9 Å². The second-order valence-electron chi connectivity index (χ2n) is 7.21. The predicted octanol–water partition coefficient (Wildman–Crippen LogP) is 4.67. The average Bonchev–Trinajstić information content (AvgIpc) is 2.81. The molecule has 0 saturated heterocycles. The number of amides is 2. The zero-order chi connectivity index (χ0) is 25.1. The van der Waals surface area contributed by atoms with E-state index >= 15 is 0 Å². The van der Waals surface area contributed by atoms with Gasteiger partial charge >= 0.3 is 0 Å². The van der Waals surface area contributed by atoms with Crippen molar-refractivity contribution in [2.75, 3.05) is 5.32 Å². The molecular weight excluding hydrogens is 512 g/mol. The molecule has 6 N–H and O–H groups in total. The lowest BCUT2D eigenvalue weighted by Gasteiger charge is -2.21. The van der Waals surface area contributed by atoms with Crippen LogP contribution in [0.3, 0.4) is 0 Å². The minimum Gasteiger partial charge on any atom is -0.483 e. The lowest BCUT2D eigenvalue weighted by Crippen LogP contribution is -2.37. The average molecular weight is 541 g/mol. The van der Waals surface area contributed by atoms with Crippen LogP contribution < -0.4 is 16.4 Å². The van der Waals surface area contributed by atoms with Crippen LogP contribution in [0.25, 0.3) is 0 Å². The van der Waals surface area contributed by atoms with Crippen molar-refractivity contribution >= 4 is 45.7 Å². The molecule has 3 aromatic carbocycles. The van der Waals surface area contributed by atoms with Gasteiger partial charge in [0.15, 0.2) is 0 Å². The van der Waals surface area contributed by atoms with Gasteiger partial charge in [0.05, 0.1) is 6.04 Å². The van der Waals surface area contributed by atoms with E-state index in [0.29, 0.717) is 16.8 Å². The number of nitrogens with one attached hydrogen (secondary N) is 3. The van der Waals surface area contributed by atoms with Crippen molar-refractivity contribution in [1.29, 1.82) is 5.41 Å². The molecule has 9 heteroatoms. The molecule has 3 rings (SSSR count). The lowest BCUT2D eigenvalue weighted by atomic mass is 9.96. The van der Waals surface area contributed by atoms with Crippen LogP contribution in [0.4, 0.5) is 5.69 Å². The first-order valence-corrected chi connectivity index (χ1v) is 11.0. The monoisotopic (exact) mass is 540 g/mol. The molecule has 0 spiro atoms. The van der Waals surface area contributed by atoms with Gasteiger partial charge < -0.3 is 21.5 Å². The number of benzene rings is 3. The van der Waals surface area contributed by atoms with Crippen molar-refractivity contribution in [3.05, 3.63) is 100 Å². The topological polar surface area (TPSA) is 145 Å². The molecule has 8 nitrogen and oxygen atoms in total. The zero-order valence-electron chi connectivity index (χ0n) is 18.4. The molecule has 0 fully saturated rings. The Bertz CT molecular complexity index is 1120. The van der Waals surface area contributed by atoms with Crippen LogP contribution in [-0.4, -0.2) is 29.2 Å². The highest BCUT2D eigenvalue weighted by Gasteiger charge is 2.29. The van der Waals surface area contributed by atoms with Crippen LogP contribution in [0.5, 0.6) is 0 Å². The van der Waals surface area contributed by atoms with Gasteiger partial charge in [-0.3, -0.25) is 19.8 Å². The number of nitrogens with two attached hydrogens (primary N) is 1. The van der Waals surface area contributed by atoms with Gasteiger partial charge in [0.1, 0.15) is 11.8 Å². The Labute approximate surface area is 213 Å². The number of halogens is 1. The third-order valence-corrected chi connectivity index (χ3v) is 5.38. The molecule has 0 aromatic heterocycles. The van der Waals surface area contributed by atoms with Gasteiger partial charge in [-0.15, -0.1) is 0 Å². The summed E-state index contributed by atoms with van der Waals surface area (Å²) in [6.45, 7) is 1.63. The van der Waals surface area contributed by atoms with Gasteiger partial charge in [0, 0.05) is 15.7 Å². The van der Waals surface area contributed by atoms with Crippen molar-refractivity contribution in [3.63, 3.8) is 0 Å². The first kappa shape index (κ1) is 29.1. The van der Waals surface area contributed by atoms with E-state index in [1.165, 1.54) is 0 Å². The number of carbonyl (C=O) groups excluding carboxylic acids is 2. The van der Waals surface area contributed by atoms with Gasteiger partial charge in [-0.2, -0.15) is 0 Å². The van der Waals surface area contributed by atoms with Crippen molar-refractivity contribution in [3.8, 4) is 0 Å². The highest BCUT2D eigenvalue weighted by Crippen LogP contribution is 2.22. The summed E-state index contributed by atoms with van der Waals surface area (Å²) in [4.78, 5) is 34.6. The predicted molar refractivity (Wildman–Crippen MR) is 141 cm³/mol. The van der Waals surface area contributed by atoms with Crippen LogP contribution in [0, 0.1) is 5.41 Å². The van der Waals surface area contributed by atoms with E-state index in [1.54, 1.807) is 48.5 Å². The second kappa shape index (κ2) is 14.3. The number of carboxylic acid groups (broad SMARTS) is 1. The summed E-state index contributed by atoms with van der Waals surface area (Å²) in [7, 11) is 0. The number of carbonyl (C=O) groups is 3. The summed E-state index contributed by atoms with van der Waals surface area (Å²) in [6, 6.07) is 22.9. The summed E-state index contributed by atoms with van der Waals surface area (Å²) in [6.07, 6.45) is 0. The molecule has 1 unspecified atom stereocenters. The molecule has 0 bridgehead atoms. The van der Waals surface area contributed by atoms with E-state index in [2.05, 4.69) is 26.6 Å². The van der Waals surface area contributed by atoms with Gasteiger partial charge in [-0.05, 0) is 54.4 Å². The molecule has 2 atom stereocenters. The highest BCUT2D eigenvalue weighted by molar-refractivity contribution is 9.10. The molecule has 2 amide bonds. The summed E-state index contributed by atoms with van der Waals surface area (Å²) >= 11 is 3.40. The fraction of sp³-hybridized carbons (Fsp3) is 0.154. The maximum Gasteiger partial charge on any atom is 0.290 e. The van der Waals surface area contributed by atoms with E-state index in [0.717, 1.165) is 10.0 Å². The Morgan fingerprint density at radius 3 is 2.00 bits per heavy atom. The largest absolute Gasteiger partial charge is 0.483 e. The molecule has 0 aliphatic rings. The SMILES string of the molecule is C.C[C@H](NC(=O)C(C(=O)Nc1ccc(C(=N)N)cc1)c1ccccc1)c1ccc(Br)cc1.O=CO. The van der Waals surface area contributed by atoms with E-state index in [1.807, 2.05) is 37.3 Å². The van der Waals surface area contributed by atoms with Crippen LogP contribution in [-0.2, 0) is 14.4 Å². The highest BCUT2D eigenvalue weighted by atomic mass is 79.9. The van der Waals surface area contributed by atoms with E-state index in [-0.39, 0.29) is 31.7 Å². The third-order valence-electron chi connectivity index (χ3n) is 4.85. The van der Waals surface area contributed by atoms with Gasteiger partial charge in [0.2, 0.25) is 11.8 Å². The fourth-order valence-electron chi connectivity index (χ4n) is 3.15. The van der Waals surface area contributed by atoms with Crippen LogP contribution in [0.1, 0.15) is 43.0 Å². The molecule has 0 radical (unpaired) electrons. The molecule has 0 aliphatic carbocycles. The minimum absolute atomic E-state index is 0. The van der Waals surface area contributed by atoms with Crippen molar-refractivity contribution < 1.29 is 19.5 Å². The van der Waals surface area contributed by atoms with Crippen molar-refractivity contribution in [1.82, 2.24) is 5.32 Å². The van der Waals surface area contributed by atoms with Crippen LogP contribution in [0.2, 0.25) is 0 Å². The Morgan fingerprint density at radius 1 is 0.943 bits per heavy atom. The van der Waals surface area contributed by atoms with Gasteiger partial charge in [0.25, 0.3) is 6.47 Å². The first-order valence-electron chi connectivity index (χ1n) is 10.2. The molecule has 184 valence electrons. The summed E-state index contributed by atoms with van der Waals surface area (Å²) < 4.78 is 0.951. The number of amidine groups is 1.